The van der Waals surface area contributed by atoms with Crippen molar-refractivity contribution in [1.82, 2.24) is 0 Å². The Morgan fingerprint density at radius 3 is 2.52 bits per heavy atom. The molecule has 1 unspecified atom stereocenters. The van der Waals surface area contributed by atoms with Gasteiger partial charge in [0.15, 0.2) is 6.10 Å². The molecule has 0 spiro atoms. The van der Waals surface area contributed by atoms with Gasteiger partial charge in [-0.3, -0.25) is 4.79 Å². The maximum atomic E-state index is 12.8. The van der Waals surface area contributed by atoms with Crippen LogP contribution in [-0.2, 0) is 11.2 Å². The van der Waals surface area contributed by atoms with Crippen LogP contribution >= 0.6 is 0 Å². The van der Waals surface area contributed by atoms with E-state index in [1.54, 1.807) is 23.1 Å². The molecule has 1 amide bonds. The lowest BCUT2D eigenvalue weighted by atomic mass is 10.0. The molecule has 1 aliphatic rings. The number of rotatable bonds is 3. The summed E-state index contributed by atoms with van der Waals surface area (Å²) in [5.41, 5.74) is 2.95. The number of phenolic OH excluding ortho intramolecular Hbond substituents is 1. The third-order valence-electron chi connectivity index (χ3n) is 4.04. The average Bonchev–Trinajstić information content (AvgIpc) is 2.50. The molecule has 4 heteroatoms. The van der Waals surface area contributed by atoms with E-state index < -0.39 is 6.10 Å². The highest BCUT2D eigenvalue weighted by Gasteiger charge is 2.36. The van der Waals surface area contributed by atoms with E-state index in [9.17, 15) is 9.90 Å². The Bertz CT molecular complexity index is 722. The Morgan fingerprint density at radius 2 is 1.87 bits per heavy atom. The van der Waals surface area contributed by atoms with Crippen molar-refractivity contribution in [3.63, 3.8) is 0 Å². The van der Waals surface area contributed by atoms with Gasteiger partial charge in [0.25, 0.3) is 5.91 Å². The van der Waals surface area contributed by atoms with Gasteiger partial charge in [0.05, 0.1) is 5.69 Å². The van der Waals surface area contributed by atoms with Crippen LogP contribution in [0.2, 0.25) is 0 Å². The molecule has 1 heterocycles. The fraction of sp³-hybridized carbons (Fsp3) is 0.316. The molecule has 0 fully saturated rings. The number of ether oxygens (including phenoxy) is 1. The predicted molar refractivity (Wildman–Crippen MR) is 90.0 cm³/mol. The Hall–Kier alpha value is -2.49. The molecule has 0 aliphatic carbocycles. The van der Waals surface area contributed by atoms with E-state index in [4.69, 9.17) is 4.74 Å². The summed E-state index contributed by atoms with van der Waals surface area (Å²) in [7, 11) is 0. The van der Waals surface area contributed by atoms with Crippen LogP contribution in [0.5, 0.6) is 11.5 Å². The van der Waals surface area contributed by atoms with Gasteiger partial charge in [-0.2, -0.15) is 0 Å². The molecule has 1 aliphatic heterocycles. The summed E-state index contributed by atoms with van der Waals surface area (Å²) in [6.07, 6.45) is -0.0633. The lowest BCUT2D eigenvalue weighted by molar-refractivity contribution is -0.126. The van der Waals surface area contributed by atoms with Crippen LogP contribution < -0.4 is 9.64 Å². The van der Waals surface area contributed by atoms with Crippen molar-refractivity contribution in [3.05, 3.63) is 53.6 Å². The predicted octanol–water partition coefficient (Wildman–Crippen LogP) is 3.45. The number of hydrogen-bond donors (Lipinski definition) is 1. The average molecular weight is 311 g/mol. The van der Waals surface area contributed by atoms with Crippen molar-refractivity contribution in [2.24, 2.45) is 0 Å². The van der Waals surface area contributed by atoms with E-state index in [1.807, 2.05) is 45.0 Å². The maximum Gasteiger partial charge on any atom is 0.268 e. The van der Waals surface area contributed by atoms with E-state index in [0.29, 0.717) is 17.9 Å². The van der Waals surface area contributed by atoms with Crippen LogP contribution in [0.15, 0.2) is 42.5 Å². The molecular weight excluding hydrogens is 290 g/mol. The molecule has 0 bridgehead atoms. The molecule has 120 valence electrons. The Kier molecular flexibility index (Phi) is 3.99. The molecule has 0 aromatic heterocycles. The minimum absolute atomic E-state index is 0.0233. The van der Waals surface area contributed by atoms with Crippen molar-refractivity contribution in [2.75, 3.05) is 4.90 Å². The fourth-order valence-corrected chi connectivity index (χ4v) is 2.87. The van der Waals surface area contributed by atoms with E-state index >= 15 is 0 Å². The van der Waals surface area contributed by atoms with Crippen LogP contribution in [0, 0.1) is 6.92 Å². The van der Waals surface area contributed by atoms with Crippen LogP contribution in [0.1, 0.15) is 25.0 Å². The van der Waals surface area contributed by atoms with Gasteiger partial charge < -0.3 is 14.7 Å². The van der Waals surface area contributed by atoms with E-state index in [1.165, 1.54) is 5.56 Å². The summed E-state index contributed by atoms with van der Waals surface area (Å²) < 4.78 is 5.89. The van der Waals surface area contributed by atoms with E-state index in [2.05, 4.69) is 0 Å². The minimum atomic E-state index is -0.575. The number of aromatic hydroxyl groups is 1. The highest BCUT2D eigenvalue weighted by molar-refractivity contribution is 6.00. The SMILES string of the molecule is Cc1ccc(CC2Oc3cc(O)ccc3N(C(C)C)C2=O)cc1. The van der Waals surface area contributed by atoms with Crippen molar-refractivity contribution < 1.29 is 14.6 Å². The zero-order valence-electron chi connectivity index (χ0n) is 13.6. The van der Waals surface area contributed by atoms with Crippen LogP contribution in [-0.4, -0.2) is 23.2 Å². The summed E-state index contributed by atoms with van der Waals surface area (Å²) in [6.45, 7) is 5.98. The molecule has 23 heavy (non-hydrogen) atoms. The van der Waals surface area contributed by atoms with E-state index in [0.717, 1.165) is 5.56 Å². The number of fused-ring (bicyclic) bond motifs is 1. The minimum Gasteiger partial charge on any atom is -0.508 e. The molecule has 2 aromatic carbocycles. The number of aryl methyl sites for hydroxylation is 1. The Balaban J connectivity index is 1.93. The molecule has 0 radical (unpaired) electrons. The molecule has 1 N–H and O–H groups in total. The first-order chi connectivity index (χ1) is 11.0. The van der Waals surface area contributed by atoms with Crippen molar-refractivity contribution in [2.45, 2.75) is 39.3 Å². The number of carbonyl (C=O) groups excluding carboxylic acids is 1. The smallest absolute Gasteiger partial charge is 0.268 e. The number of hydrogen-bond acceptors (Lipinski definition) is 3. The summed E-state index contributed by atoms with van der Waals surface area (Å²) in [6, 6.07) is 13.0. The summed E-state index contributed by atoms with van der Waals surface area (Å²) in [4.78, 5) is 14.6. The zero-order chi connectivity index (χ0) is 16.6. The molecule has 0 saturated carbocycles. The summed E-state index contributed by atoms with van der Waals surface area (Å²) >= 11 is 0. The summed E-state index contributed by atoms with van der Waals surface area (Å²) in [5.74, 6) is 0.644. The Morgan fingerprint density at radius 1 is 1.17 bits per heavy atom. The molecule has 3 rings (SSSR count). The van der Waals surface area contributed by atoms with Crippen LogP contribution in [0.4, 0.5) is 5.69 Å². The first-order valence-corrected chi connectivity index (χ1v) is 7.84. The second-order valence-corrected chi connectivity index (χ2v) is 6.25. The molecule has 4 nitrogen and oxygen atoms in total. The van der Waals surface area contributed by atoms with Crippen molar-refractivity contribution >= 4 is 11.6 Å². The van der Waals surface area contributed by atoms with Crippen LogP contribution in [0.25, 0.3) is 0 Å². The normalized spacial score (nSPS) is 17.1. The lowest BCUT2D eigenvalue weighted by Crippen LogP contribution is -2.49. The topological polar surface area (TPSA) is 49.8 Å². The van der Waals surface area contributed by atoms with Gasteiger partial charge in [0, 0.05) is 18.5 Å². The number of nitrogens with zero attached hydrogens (tertiary/aromatic N) is 1. The van der Waals surface area contributed by atoms with Gasteiger partial charge in [-0.25, -0.2) is 0 Å². The monoisotopic (exact) mass is 311 g/mol. The van der Waals surface area contributed by atoms with Crippen molar-refractivity contribution in [3.8, 4) is 11.5 Å². The maximum absolute atomic E-state index is 12.8. The molecule has 2 aromatic rings. The lowest BCUT2D eigenvalue weighted by Gasteiger charge is -2.37. The molecule has 1 atom stereocenters. The van der Waals surface area contributed by atoms with Gasteiger partial charge in [0.1, 0.15) is 11.5 Å². The van der Waals surface area contributed by atoms with Gasteiger partial charge >= 0.3 is 0 Å². The van der Waals surface area contributed by atoms with Gasteiger partial charge in [-0.05, 0) is 38.5 Å². The fourth-order valence-electron chi connectivity index (χ4n) is 2.87. The number of benzene rings is 2. The molecular formula is C19H21NO3. The third-order valence-corrected chi connectivity index (χ3v) is 4.04. The largest absolute Gasteiger partial charge is 0.508 e. The number of anilines is 1. The van der Waals surface area contributed by atoms with Gasteiger partial charge in [-0.1, -0.05) is 29.8 Å². The second kappa shape index (κ2) is 5.95. The number of phenols is 1. The van der Waals surface area contributed by atoms with Crippen LogP contribution in [0.3, 0.4) is 0 Å². The molecule has 0 saturated heterocycles. The number of amides is 1. The Labute approximate surface area is 136 Å². The highest BCUT2D eigenvalue weighted by atomic mass is 16.5. The standard InChI is InChI=1S/C19H21NO3/c1-12(2)20-16-9-8-15(21)11-17(16)23-18(19(20)22)10-14-6-4-13(3)5-7-14/h4-9,11-12,18,21H,10H2,1-3H3. The first-order valence-electron chi connectivity index (χ1n) is 7.84. The zero-order valence-corrected chi connectivity index (χ0v) is 13.6. The second-order valence-electron chi connectivity index (χ2n) is 6.25. The van der Waals surface area contributed by atoms with Gasteiger partial charge in [0.2, 0.25) is 0 Å². The van der Waals surface area contributed by atoms with E-state index in [-0.39, 0.29) is 17.7 Å². The first kappa shape index (κ1) is 15.4. The summed E-state index contributed by atoms with van der Waals surface area (Å²) in [5, 5.41) is 9.70. The number of carbonyl (C=O) groups is 1. The third kappa shape index (κ3) is 3.02. The highest BCUT2D eigenvalue weighted by Crippen LogP contribution is 2.38. The van der Waals surface area contributed by atoms with Gasteiger partial charge in [-0.15, -0.1) is 0 Å². The van der Waals surface area contributed by atoms with Crippen molar-refractivity contribution in [1.29, 1.82) is 0 Å². The quantitative estimate of drug-likeness (QED) is 0.944.